The van der Waals surface area contributed by atoms with Gasteiger partial charge in [-0.2, -0.15) is 0 Å². The summed E-state index contributed by atoms with van der Waals surface area (Å²) in [6.07, 6.45) is 0.520. The van der Waals surface area contributed by atoms with Crippen LogP contribution >= 0.6 is 11.6 Å². The van der Waals surface area contributed by atoms with Crippen LogP contribution in [0.4, 0.5) is 4.39 Å². The van der Waals surface area contributed by atoms with Gasteiger partial charge in [-0.15, -0.1) is 0 Å². The zero-order valence-corrected chi connectivity index (χ0v) is 17.3. The van der Waals surface area contributed by atoms with E-state index in [1.165, 1.54) is 18.2 Å². The highest BCUT2D eigenvalue weighted by molar-refractivity contribution is 6.34. The molecule has 1 heterocycles. The number of amides is 1. The third-order valence-electron chi connectivity index (χ3n) is 5.05. The van der Waals surface area contributed by atoms with Gasteiger partial charge in [-0.05, 0) is 62.2 Å². The molecule has 0 fully saturated rings. The zero-order chi connectivity index (χ0) is 21.5. The molecule has 1 aromatic heterocycles. The summed E-state index contributed by atoms with van der Waals surface area (Å²) in [7, 11) is 0. The number of aromatic nitrogens is 1. The lowest BCUT2D eigenvalue weighted by Crippen LogP contribution is -2.45. The van der Waals surface area contributed by atoms with Gasteiger partial charge in [0.2, 0.25) is 0 Å². The monoisotopic (exact) mass is 422 g/mol. The fourth-order valence-corrected chi connectivity index (χ4v) is 3.90. The van der Waals surface area contributed by atoms with Gasteiger partial charge in [0.1, 0.15) is 5.82 Å². The van der Waals surface area contributed by atoms with Crippen molar-refractivity contribution < 1.29 is 9.18 Å². The predicted octanol–water partition coefficient (Wildman–Crippen LogP) is 5.22. The number of carbonyl (C=O) groups is 1. The smallest absolute Gasteiger partial charge is 0.253 e. The number of H-pyrrole nitrogens is 1. The van der Waals surface area contributed by atoms with Crippen molar-refractivity contribution in [2.24, 2.45) is 0 Å². The van der Waals surface area contributed by atoms with Gasteiger partial charge in [0, 0.05) is 21.8 Å². The van der Waals surface area contributed by atoms with E-state index in [1.807, 2.05) is 26.0 Å². The van der Waals surface area contributed by atoms with E-state index in [4.69, 9.17) is 11.6 Å². The Bertz CT molecular complexity index is 1330. The number of rotatable bonds is 4. The highest BCUT2D eigenvalue weighted by atomic mass is 35.5. The largest absolute Gasteiger partial charge is 0.354 e. The Balaban J connectivity index is 1.67. The SMILES string of the molecule is CC(C)(Cc1ccc(F)cc1)NC(=O)c1cc2[nH]c3ccccc3c(=O)c2cc1Cl. The van der Waals surface area contributed by atoms with Crippen LogP contribution in [0.1, 0.15) is 29.8 Å². The van der Waals surface area contributed by atoms with Gasteiger partial charge < -0.3 is 10.3 Å². The summed E-state index contributed by atoms with van der Waals surface area (Å²) in [5.74, 6) is -0.645. The standard InChI is InChI=1S/C24H20ClFN2O2/c1-24(2,13-14-7-9-15(26)10-8-14)28-23(30)17-12-21-18(11-19(17)25)22(29)16-5-3-4-6-20(16)27-21/h3-12H,13H2,1-2H3,(H,27,29)(H,28,30). The molecule has 30 heavy (non-hydrogen) atoms. The second-order valence-electron chi connectivity index (χ2n) is 8.02. The van der Waals surface area contributed by atoms with Crippen LogP contribution in [0.2, 0.25) is 5.02 Å². The van der Waals surface area contributed by atoms with E-state index in [2.05, 4.69) is 10.3 Å². The van der Waals surface area contributed by atoms with Crippen molar-refractivity contribution in [1.82, 2.24) is 10.3 Å². The van der Waals surface area contributed by atoms with Crippen molar-refractivity contribution >= 4 is 39.3 Å². The minimum Gasteiger partial charge on any atom is -0.354 e. The number of hydrogen-bond acceptors (Lipinski definition) is 2. The molecule has 3 aromatic carbocycles. The maximum absolute atomic E-state index is 13.1. The number of benzene rings is 3. The maximum Gasteiger partial charge on any atom is 0.253 e. The fourth-order valence-electron chi connectivity index (χ4n) is 3.65. The van der Waals surface area contributed by atoms with E-state index >= 15 is 0 Å². The molecule has 152 valence electrons. The Morgan fingerprint density at radius 3 is 2.47 bits per heavy atom. The lowest BCUT2D eigenvalue weighted by Gasteiger charge is -2.27. The van der Waals surface area contributed by atoms with Crippen LogP contribution in [0.25, 0.3) is 21.8 Å². The summed E-state index contributed by atoms with van der Waals surface area (Å²) >= 11 is 6.37. The molecule has 4 nitrogen and oxygen atoms in total. The second-order valence-corrected chi connectivity index (χ2v) is 8.43. The van der Waals surface area contributed by atoms with Gasteiger partial charge >= 0.3 is 0 Å². The molecule has 0 unspecified atom stereocenters. The Morgan fingerprint density at radius 1 is 1.03 bits per heavy atom. The molecule has 4 aromatic rings. The van der Waals surface area contributed by atoms with Crippen molar-refractivity contribution in [3.05, 3.63) is 92.9 Å². The molecule has 4 rings (SSSR count). The predicted molar refractivity (Wildman–Crippen MR) is 119 cm³/mol. The molecule has 2 N–H and O–H groups in total. The zero-order valence-electron chi connectivity index (χ0n) is 16.6. The molecule has 6 heteroatoms. The van der Waals surface area contributed by atoms with Gasteiger partial charge in [-0.3, -0.25) is 9.59 Å². The van der Waals surface area contributed by atoms with E-state index in [1.54, 1.807) is 30.3 Å². The number of nitrogens with one attached hydrogen (secondary N) is 2. The average molecular weight is 423 g/mol. The lowest BCUT2D eigenvalue weighted by molar-refractivity contribution is 0.0913. The van der Waals surface area contributed by atoms with Crippen molar-refractivity contribution in [3.8, 4) is 0 Å². The van der Waals surface area contributed by atoms with Crippen LogP contribution in [0.5, 0.6) is 0 Å². The molecule has 0 aliphatic rings. The number of halogens is 2. The molecule has 0 aliphatic heterocycles. The molecule has 0 aliphatic carbocycles. The van der Waals surface area contributed by atoms with E-state index in [-0.39, 0.29) is 27.7 Å². The molecule has 0 spiro atoms. The summed E-state index contributed by atoms with van der Waals surface area (Å²) in [5.41, 5.74) is 1.70. The van der Waals surface area contributed by atoms with Crippen molar-refractivity contribution in [1.29, 1.82) is 0 Å². The number of pyridine rings is 1. The first-order valence-corrected chi connectivity index (χ1v) is 9.92. The quantitative estimate of drug-likeness (QED) is 0.442. The summed E-state index contributed by atoms with van der Waals surface area (Å²) in [5, 5.41) is 4.19. The summed E-state index contributed by atoms with van der Waals surface area (Å²) in [6, 6.07) is 16.5. The number of hydrogen-bond donors (Lipinski definition) is 2. The third kappa shape index (κ3) is 3.94. The first-order chi connectivity index (χ1) is 14.2. The Kier molecular flexibility index (Phi) is 5.08. The van der Waals surface area contributed by atoms with Crippen molar-refractivity contribution in [2.45, 2.75) is 25.8 Å². The van der Waals surface area contributed by atoms with Crippen LogP contribution in [-0.2, 0) is 6.42 Å². The lowest BCUT2D eigenvalue weighted by atomic mass is 9.94. The van der Waals surface area contributed by atoms with Crippen molar-refractivity contribution in [3.63, 3.8) is 0 Å². The maximum atomic E-state index is 13.1. The fraction of sp³-hybridized carbons (Fsp3) is 0.167. The van der Waals surface area contributed by atoms with Gasteiger partial charge in [-0.1, -0.05) is 35.9 Å². The molecule has 0 bridgehead atoms. The number of fused-ring (bicyclic) bond motifs is 2. The molecule has 1 amide bonds. The normalized spacial score (nSPS) is 11.7. The van der Waals surface area contributed by atoms with E-state index < -0.39 is 5.54 Å². The number of carbonyl (C=O) groups excluding carboxylic acids is 1. The summed E-state index contributed by atoms with van der Waals surface area (Å²) < 4.78 is 13.1. The third-order valence-corrected chi connectivity index (χ3v) is 5.36. The second kappa shape index (κ2) is 7.58. The van der Waals surface area contributed by atoms with Gasteiger partial charge in [0.15, 0.2) is 5.43 Å². The minimum atomic E-state index is -0.593. The molecule has 0 saturated heterocycles. The Hall–Kier alpha value is -3.18. The number of para-hydroxylation sites is 1. The molecule has 0 atom stereocenters. The number of aromatic amines is 1. The minimum absolute atomic E-state index is 0.134. The summed E-state index contributed by atoms with van der Waals surface area (Å²) in [6.45, 7) is 3.77. The molecular formula is C24H20ClFN2O2. The van der Waals surface area contributed by atoms with Crippen molar-refractivity contribution in [2.75, 3.05) is 0 Å². The van der Waals surface area contributed by atoms with Crippen LogP contribution in [0, 0.1) is 5.82 Å². The highest BCUT2D eigenvalue weighted by Gasteiger charge is 2.24. The molecule has 0 radical (unpaired) electrons. The van der Waals surface area contributed by atoms with E-state index in [0.29, 0.717) is 28.2 Å². The topological polar surface area (TPSA) is 62.0 Å². The first-order valence-electron chi connectivity index (χ1n) is 9.55. The van der Waals surface area contributed by atoms with E-state index in [9.17, 15) is 14.0 Å². The highest BCUT2D eigenvalue weighted by Crippen LogP contribution is 2.24. The Morgan fingerprint density at radius 2 is 1.73 bits per heavy atom. The van der Waals surface area contributed by atoms with Gasteiger partial charge in [0.25, 0.3) is 5.91 Å². The van der Waals surface area contributed by atoms with E-state index in [0.717, 1.165) is 5.56 Å². The van der Waals surface area contributed by atoms with Gasteiger partial charge in [0.05, 0.1) is 16.1 Å². The van der Waals surface area contributed by atoms with Gasteiger partial charge in [-0.25, -0.2) is 4.39 Å². The van der Waals surface area contributed by atoms with Crippen LogP contribution < -0.4 is 10.7 Å². The van der Waals surface area contributed by atoms with Crippen LogP contribution in [0.3, 0.4) is 0 Å². The molecule has 0 saturated carbocycles. The molecular weight excluding hydrogens is 403 g/mol. The van der Waals surface area contributed by atoms with Crippen LogP contribution in [0.15, 0.2) is 65.5 Å². The first kappa shape index (κ1) is 20.1. The Labute approximate surface area is 177 Å². The average Bonchev–Trinajstić information content (AvgIpc) is 2.69. The summed E-state index contributed by atoms with van der Waals surface area (Å²) in [4.78, 5) is 28.9. The van der Waals surface area contributed by atoms with Crippen LogP contribution in [-0.4, -0.2) is 16.4 Å².